The number of anilines is 1. The van der Waals surface area contributed by atoms with Gasteiger partial charge in [0.25, 0.3) is 0 Å². The van der Waals surface area contributed by atoms with Gasteiger partial charge in [0.05, 0.1) is 7.11 Å². The van der Waals surface area contributed by atoms with Crippen molar-refractivity contribution in [3.63, 3.8) is 0 Å². The van der Waals surface area contributed by atoms with E-state index in [9.17, 15) is 0 Å². The molecule has 0 fully saturated rings. The number of nitrogens with zero attached hydrogens (tertiary/aromatic N) is 3. The standard InChI is InChI=1S/C14H14N4O/c1-19-12-6-4-5-11(9-12)10-15-14-16-13-7-2-3-8-18(13)17-14/h2-9H,10H2,1H3,(H,15,17). The summed E-state index contributed by atoms with van der Waals surface area (Å²) < 4.78 is 6.94. The van der Waals surface area contributed by atoms with Crippen LogP contribution < -0.4 is 10.1 Å². The first kappa shape index (κ1) is 11.5. The number of fused-ring (bicyclic) bond motifs is 1. The van der Waals surface area contributed by atoms with Crippen molar-refractivity contribution in [2.24, 2.45) is 0 Å². The molecule has 0 spiro atoms. The van der Waals surface area contributed by atoms with Gasteiger partial charge in [0, 0.05) is 12.7 Å². The van der Waals surface area contributed by atoms with Crippen molar-refractivity contribution in [2.45, 2.75) is 6.54 Å². The van der Waals surface area contributed by atoms with Gasteiger partial charge in [0.1, 0.15) is 5.75 Å². The first-order valence-electron chi connectivity index (χ1n) is 6.03. The second-order valence-corrected chi connectivity index (χ2v) is 4.14. The van der Waals surface area contributed by atoms with Crippen molar-refractivity contribution in [3.8, 4) is 5.75 Å². The molecule has 0 amide bonds. The Hall–Kier alpha value is -2.56. The van der Waals surface area contributed by atoms with Crippen molar-refractivity contribution < 1.29 is 4.74 Å². The molecule has 0 aliphatic rings. The Morgan fingerprint density at radius 3 is 3.00 bits per heavy atom. The van der Waals surface area contributed by atoms with Crippen LogP contribution in [0.1, 0.15) is 5.56 Å². The summed E-state index contributed by atoms with van der Waals surface area (Å²) in [6.45, 7) is 0.661. The zero-order valence-electron chi connectivity index (χ0n) is 10.6. The minimum absolute atomic E-state index is 0.619. The number of hydrogen-bond acceptors (Lipinski definition) is 4. The molecule has 1 aromatic carbocycles. The number of methoxy groups -OCH3 is 1. The highest BCUT2D eigenvalue weighted by Crippen LogP contribution is 2.13. The molecule has 96 valence electrons. The number of nitrogens with one attached hydrogen (secondary N) is 1. The van der Waals surface area contributed by atoms with Gasteiger partial charge in [-0.15, -0.1) is 5.10 Å². The molecule has 19 heavy (non-hydrogen) atoms. The molecule has 3 rings (SSSR count). The second kappa shape index (κ2) is 4.97. The number of hydrogen-bond donors (Lipinski definition) is 1. The molecule has 0 radical (unpaired) electrons. The Bertz CT molecular complexity index is 659. The first-order chi connectivity index (χ1) is 9.35. The highest BCUT2D eigenvalue weighted by Gasteiger charge is 2.02. The van der Waals surface area contributed by atoms with Gasteiger partial charge in [-0.2, -0.15) is 4.98 Å². The number of benzene rings is 1. The van der Waals surface area contributed by atoms with Gasteiger partial charge in [-0.25, -0.2) is 4.52 Å². The molecule has 0 aliphatic carbocycles. The molecule has 2 aromatic heterocycles. The van der Waals surface area contributed by atoms with Crippen LogP contribution >= 0.6 is 0 Å². The normalized spacial score (nSPS) is 10.6. The Labute approximate surface area is 110 Å². The van der Waals surface area contributed by atoms with Gasteiger partial charge in [-0.1, -0.05) is 18.2 Å². The average molecular weight is 254 g/mol. The molecule has 2 heterocycles. The molecule has 3 aromatic rings. The average Bonchev–Trinajstić information content (AvgIpc) is 2.88. The van der Waals surface area contributed by atoms with Crippen LogP contribution in [0.15, 0.2) is 48.7 Å². The van der Waals surface area contributed by atoms with Crippen molar-refractivity contribution in [1.29, 1.82) is 0 Å². The SMILES string of the molecule is COc1cccc(CNc2nc3ccccn3n2)c1. The lowest BCUT2D eigenvalue weighted by molar-refractivity contribution is 0.414. The Kier molecular flexibility index (Phi) is 3.02. The maximum Gasteiger partial charge on any atom is 0.243 e. The number of aromatic nitrogens is 3. The monoisotopic (exact) mass is 254 g/mol. The molecule has 0 saturated carbocycles. The quantitative estimate of drug-likeness (QED) is 0.776. The van der Waals surface area contributed by atoms with Crippen LogP contribution in [-0.4, -0.2) is 21.7 Å². The summed E-state index contributed by atoms with van der Waals surface area (Å²) in [5, 5.41) is 7.54. The summed E-state index contributed by atoms with van der Waals surface area (Å²) in [6.07, 6.45) is 1.87. The molecule has 0 unspecified atom stereocenters. The molecule has 5 nitrogen and oxygen atoms in total. The zero-order valence-corrected chi connectivity index (χ0v) is 10.6. The van der Waals surface area contributed by atoms with E-state index in [1.807, 2.05) is 48.7 Å². The van der Waals surface area contributed by atoms with Crippen molar-refractivity contribution in [2.75, 3.05) is 12.4 Å². The smallest absolute Gasteiger partial charge is 0.243 e. The summed E-state index contributed by atoms with van der Waals surface area (Å²) >= 11 is 0. The van der Waals surface area contributed by atoms with Crippen LogP contribution in [-0.2, 0) is 6.54 Å². The van der Waals surface area contributed by atoms with Crippen LogP contribution in [0.5, 0.6) is 5.75 Å². The van der Waals surface area contributed by atoms with E-state index in [1.54, 1.807) is 11.6 Å². The molecular weight excluding hydrogens is 240 g/mol. The molecule has 0 saturated heterocycles. The number of pyridine rings is 1. The van der Waals surface area contributed by atoms with E-state index in [-0.39, 0.29) is 0 Å². The third kappa shape index (κ3) is 2.49. The predicted octanol–water partition coefficient (Wildman–Crippen LogP) is 2.35. The van der Waals surface area contributed by atoms with E-state index in [0.29, 0.717) is 12.5 Å². The Morgan fingerprint density at radius 1 is 1.21 bits per heavy atom. The fourth-order valence-corrected chi connectivity index (χ4v) is 1.87. The van der Waals surface area contributed by atoms with E-state index in [4.69, 9.17) is 4.74 Å². The fourth-order valence-electron chi connectivity index (χ4n) is 1.87. The lowest BCUT2D eigenvalue weighted by Crippen LogP contribution is -2.01. The third-order valence-corrected chi connectivity index (χ3v) is 2.83. The fraction of sp³-hybridized carbons (Fsp3) is 0.143. The number of ether oxygens (including phenoxy) is 1. The van der Waals surface area contributed by atoms with Gasteiger partial charge < -0.3 is 10.1 Å². The summed E-state index contributed by atoms with van der Waals surface area (Å²) in [6, 6.07) is 13.7. The van der Waals surface area contributed by atoms with Crippen molar-refractivity contribution >= 4 is 11.6 Å². The van der Waals surface area contributed by atoms with E-state index in [2.05, 4.69) is 15.4 Å². The molecular formula is C14H14N4O. The van der Waals surface area contributed by atoms with Crippen molar-refractivity contribution in [1.82, 2.24) is 14.6 Å². The molecule has 0 atom stereocenters. The van der Waals surface area contributed by atoms with Crippen LogP contribution in [0.4, 0.5) is 5.95 Å². The maximum absolute atomic E-state index is 5.19. The largest absolute Gasteiger partial charge is 0.497 e. The van der Waals surface area contributed by atoms with E-state index < -0.39 is 0 Å². The minimum Gasteiger partial charge on any atom is -0.497 e. The maximum atomic E-state index is 5.19. The zero-order chi connectivity index (χ0) is 13.1. The van der Waals surface area contributed by atoms with Gasteiger partial charge in [0.15, 0.2) is 5.65 Å². The Morgan fingerprint density at radius 2 is 2.16 bits per heavy atom. The predicted molar refractivity (Wildman–Crippen MR) is 73.3 cm³/mol. The van der Waals surface area contributed by atoms with E-state index in [1.165, 1.54) is 0 Å². The van der Waals surface area contributed by atoms with Crippen LogP contribution in [0.2, 0.25) is 0 Å². The van der Waals surface area contributed by atoms with Crippen LogP contribution in [0.25, 0.3) is 5.65 Å². The number of rotatable bonds is 4. The summed E-state index contributed by atoms with van der Waals surface area (Å²) in [4.78, 5) is 4.38. The summed E-state index contributed by atoms with van der Waals surface area (Å²) in [5.74, 6) is 1.47. The first-order valence-corrected chi connectivity index (χ1v) is 6.03. The highest BCUT2D eigenvalue weighted by molar-refractivity contribution is 5.43. The summed E-state index contributed by atoms with van der Waals surface area (Å²) in [5.41, 5.74) is 1.95. The van der Waals surface area contributed by atoms with Gasteiger partial charge >= 0.3 is 0 Å². The van der Waals surface area contributed by atoms with E-state index >= 15 is 0 Å². The van der Waals surface area contributed by atoms with Gasteiger partial charge in [-0.05, 0) is 29.8 Å². The third-order valence-electron chi connectivity index (χ3n) is 2.83. The lowest BCUT2D eigenvalue weighted by Gasteiger charge is -2.04. The van der Waals surface area contributed by atoms with Crippen LogP contribution in [0, 0.1) is 0 Å². The lowest BCUT2D eigenvalue weighted by atomic mass is 10.2. The second-order valence-electron chi connectivity index (χ2n) is 4.14. The highest BCUT2D eigenvalue weighted by atomic mass is 16.5. The topological polar surface area (TPSA) is 51.5 Å². The van der Waals surface area contributed by atoms with Gasteiger partial charge in [-0.3, -0.25) is 0 Å². The minimum atomic E-state index is 0.619. The van der Waals surface area contributed by atoms with Crippen molar-refractivity contribution in [3.05, 3.63) is 54.2 Å². The molecule has 1 N–H and O–H groups in total. The molecule has 0 aliphatic heterocycles. The van der Waals surface area contributed by atoms with E-state index in [0.717, 1.165) is 17.0 Å². The Balaban J connectivity index is 1.74. The molecule has 0 bridgehead atoms. The molecule has 5 heteroatoms. The van der Waals surface area contributed by atoms with Crippen LogP contribution in [0.3, 0.4) is 0 Å². The van der Waals surface area contributed by atoms with Gasteiger partial charge in [0.2, 0.25) is 5.95 Å². The summed E-state index contributed by atoms with van der Waals surface area (Å²) in [7, 11) is 1.66.